The molecule has 1 aromatic heterocycles. The molecular formula is C20H26F2N4O3S. The highest BCUT2D eigenvalue weighted by molar-refractivity contribution is 7.15. The number of nitrogens with zero attached hydrogens (tertiary/aromatic N) is 1. The molecule has 0 saturated carbocycles. The van der Waals surface area contributed by atoms with Crippen molar-refractivity contribution in [1.82, 2.24) is 15.6 Å². The number of aliphatic hydroxyl groups is 1. The maximum absolute atomic E-state index is 13.3. The first-order chi connectivity index (χ1) is 14.3. The summed E-state index contributed by atoms with van der Waals surface area (Å²) in [5.41, 5.74) is 0.189. The van der Waals surface area contributed by atoms with Crippen LogP contribution in [-0.2, 0) is 16.0 Å². The van der Waals surface area contributed by atoms with Gasteiger partial charge in [0.2, 0.25) is 11.8 Å². The summed E-state index contributed by atoms with van der Waals surface area (Å²) < 4.78 is 26.6. The van der Waals surface area contributed by atoms with Gasteiger partial charge in [-0.3, -0.25) is 9.59 Å². The topological polar surface area (TPSA) is 103 Å². The zero-order valence-corrected chi connectivity index (χ0v) is 17.7. The Morgan fingerprint density at radius 1 is 1.23 bits per heavy atom. The summed E-state index contributed by atoms with van der Waals surface area (Å²) in [6.07, 6.45) is 2.46. The fourth-order valence-electron chi connectivity index (χ4n) is 2.82. The Hall–Kier alpha value is -2.43. The molecule has 0 aliphatic carbocycles. The van der Waals surface area contributed by atoms with E-state index in [1.807, 2.05) is 13.8 Å². The third kappa shape index (κ3) is 7.43. The molecule has 2 rings (SSSR count). The Labute approximate surface area is 177 Å². The van der Waals surface area contributed by atoms with Gasteiger partial charge in [0.05, 0.1) is 13.0 Å². The minimum absolute atomic E-state index is 0.0212. The normalized spacial score (nSPS) is 13.0. The van der Waals surface area contributed by atoms with Crippen LogP contribution in [0.1, 0.15) is 43.2 Å². The average molecular weight is 441 g/mol. The number of carbonyl (C=O) groups is 2. The maximum atomic E-state index is 13.3. The zero-order chi connectivity index (χ0) is 22.1. The van der Waals surface area contributed by atoms with E-state index in [1.165, 1.54) is 11.3 Å². The number of aromatic nitrogens is 1. The molecule has 2 amide bonds. The third-order valence-electron chi connectivity index (χ3n) is 4.26. The SMILES string of the molecule is CCCC(NC(=O)Cc1cc(F)cc(F)c1)C(=O)Nc1ncc(C(C)NCCO)s1. The van der Waals surface area contributed by atoms with Crippen LogP contribution in [-0.4, -0.2) is 41.1 Å². The predicted octanol–water partition coefficient (Wildman–Crippen LogP) is 2.53. The van der Waals surface area contributed by atoms with Crippen molar-refractivity contribution in [3.05, 3.63) is 46.5 Å². The van der Waals surface area contributed by atoms with Gasteiger partial charge in [-0.15, -0.1) is 11.3 Å². The third-order valence-corrected chi connectivity index (χ3v) is 5.35. The molecule has 2 unspecified atom stereocenters. The van der Waals surface area contributed by atoms with Crippen LogP contribution in [0.25, 0.3) is 0 Å². The van der Waals surface area contributed by atoms with Crippen LogP contribution in [0.5, 0.6) is 0 Å². The molecule has 0 aliphatic rings. The van der Waals surface area contributed by atoms with Crippen LogP contribution in [0.2, 0.25) is 0 Å². The van der Waals surface area contributed by atoms with Crippen molar-refractivity contribution in [2.45, 2.75) is 45.2 Å². The minimum atomic E-state index is -0.793. The summed E-state index contributed by atoms with van der Waals surface area (Å²) in [5.74, 6) is -2.44. The monoisotopic (exact) mass is 440 g/mol. The lowest BCUT2D eigenvalue weighted by Gasteiger charge is -2.17. The standard InChI is InChI=1S/C20H26F2N4O3S/c1-3-4-16(25-18(28)9-13-7-14(21)10-15(22)8-13)19(29)26-20-24-11-17(30-20)12(2)23-5-6-27/h7-8,10-12,16,23,27H,3-6,9H2,1-2H3,(H,25,28)(H,24,26,29). The van der Waals surface area contributed by atoms with Gasteiger partial charge in [0.15, 0.2) is 5.13 Å². The number of nitrogens with one attached hydrogen (secondary N) is 3. The van der Waals surface area contributed by atoms with Gasteiger partial charge in [0.1, 0.15) is 17.7 Å². The summed E-state index contributed by atoms with van der Waals surface area (Å²) in [5, 5.41) is 17.7. The van der Waals surface area contributed by atoms with E-state index in [2.05, 4.69) is 20.9 Å². The number of aliphatic hydroxyl groups excluding tert-OH is 1. The average Bonchev–Trinajstić information content (AvgIpc) is 3.13. The summed E-state index contributed by atoms with van der Waals surface area (Å²) in [6, 6.07) is 2.08. The molecule has 0 radical (unpaired) electrons. The van der Waals surface area contributed by atoms with E-state index in [-0.39, 0.29) is 24.6 Å². The van der Waals surface area contributed by atoms with E-state index in [0.29, 0.717) is 24.5 Å². The number of thiazole rings is 1. The molecule has 4 N–H and O–H groups in total. The molecule has 10 heteroatoms. The van der Waals surface area contributed by atoms with Crippen molar-refractivity contribution < 1.29 is 23.5 Å². The zero-order valence-electron chi connectivity index (χ0n) is 16.9. The van der Waals surface area contributed by atoms with E-state index in [4.69, 9.17) is 5.11 Å². The van der Waals surface area contributed by atoms with E-state index in [0.717, 1.165) is 23.1 Å². The van der Waals surface area contributed by atoms with Crippen molar-refractivity contribution in [2.24, 2.45) is 0 Å². The fourth-order valence-corrected chi connectivity index (χ4v) is 3.67. The summed E-state index contributed by atoms with van der Waals surface area (Å²) in [4.78, 5) is 30.0. The van der Waals surface area contributed by atoms with Crippen molar-refractivity contribution in [1.29, 1.82) is 0 Å². The summed E-state index contributed by atoms with van der Waals surface area (Å²) in [6.45, 7) is 4.27. The Balaban J connectivity index is 1.97. The molecule has 2 atom stereocenters. The van der Waals surface area contributed by atoms with Gasteiger partial charge in [-0.25, -0.2) is 13.8 Å². The Morgan fingerprint density at radius 3 is 2.57 bits per heavy atom. The lowest BCUT2D eigenvalue weighted by Crippen LogP contribution is -2.44. The molecule has 0 bridgehead atoms. The number of hydrogen-bond donors (Lipinski definition) is 4. The quantitative estimate of drug-likeness (QED) is 0.430. The lowest BCUT2D eigenvalue weighted by atomic mass is 10.1. The van der Waals surface area contributed by atoms with E-state index in [9.17, 15) is 18.4 Å². The first-order valence-corrected chi connectivity index (χ1v) is 10.5. The number of carbonyl (C=O) groups excluding carboxylic acids is 2. The van der Waals surface area contributed by atoms with Crippen LogP contribution < -0.4 is 16.0 Å². The van der Waals surface area contributed by atoms with E-state index in [1.54, 1.807) is 6.20 Å². The van der Waals surface area contributed by atoms with Crippen molar-refractivity contribution >= 4 is 28.3 Å². The van der Waals surface area contributed by atoms with Crippen LogP contribution in [0.3, 0.4) is 0 Å². The Bertz CT molecular complexity index is 842. The fraction of sp³-hybridized carbons (Fsp3) is 0.450. The number of anilines is 1. The molecule has 30 heavy (non-hydrogen) atoms. The molecule has 0 fully saturated rings. The van der Waals surface area contributed by atoms with Crippen LogP contribution in [0, 0.1) is 11.6 Å². The maximum Gasteiger partial charge on any atom is 0.248 e. The van der Waals surface area contributed by atoms with E-state index < -0.39 is 29.5 Å². The van der Waals surface area contributed by atoms with Gasteiger partial charge in [-0.05, 0) is 31.0 Å². The molecule has 7 nitrogen and oxygen atoms in total. The molecule has 0 aliphatic heterocycles. The highest BCUT2D eigenvalue weighted by atomic mass is 32.1. The first-order valence-electron chi connectivity index (χ1n) is 9.67. The molecule has 0 spiro atoms. The van der Waals surface area contributed by atoms with Gasteiger partial charge in [0.25, 0.3) is 0 Å². The molecule has 0 saturated heterocycles. The van der Waals surface area contributed by atoms with Gasteiger partial charge < -0.3 is 21.1 Å². The van der Waals surface area contributed by atoms with Gasteiger partial charge in [0, 0.05) is 29.7 Å². The molecule has 1 aromatic carbocycles. The number of benzene rings is 1. The van der Waals surface area contributed by atoms with Crippen molar-refractivity contribution in [3.8, 4) is 0 Å². The van der Waals surface area contributed by atoms with Crippen molar-refractivity contribution in [3.63, 3.8) is 0 Å². The second-order valence-electron chi connectivity index (χ2n) is 6.82. The Kier molecular flexibility index (Phi) is 9.28. The summed E-state index contributed by atoms with van der Waals surface area (Å²) >= 11 is 1.30. The van der Waals surface area contributed by atoms with Gasteiger partial charge in [-0.1, -0.05) is 13.3 Å². The number of hydrogen-bond acceptors (Lipinski definition) is 6. The molecule has 164 valence electrons. The molecular weight excluding hydrogens is 414 g/mol. The van der Waals surface area contributed by atoms with Crippen LogP contribution >= 0.6 is 11.3 Å². The van der Waals surface area contributed by atoms with Crippen LogP contribution in [0.4, 0.5) is 13.9 Å². The summed E-state index contributed by atoms with van der Waals surface area (Å²) in [7, 11) is 0. The highest BCUT2D eigenvalue weighted by Gasteiger charge is 2.22. The lowest BCUT2D eigenvalue weighted by molar-refractivity contribution is -0.126. The Morgan fingerprint density at radius 2 is 1.93 bits per heavy atom. The minimum Gasteiger partial charge on any atom is -0.395 e. The highest BCUT2D eigenvalue weighted by Crippen LogP contribution is 2.24. The number of rotatable bonds is 11. The largest absolute Gasteiger partial charge is 0.395 e. The van der Waals surface area contributed by atoms with Gasteiger partial charge in [-0.2, -0.15) is 0 Å². The van der Waals surface area contributed by atoms with Crippen LogP contribution in [0.15, 0.2) is 24.4 Å². The van der Waals surface area contributed by atoms with Crippen molar-refractivity contribution in [2.75, 3.05) is 18.5 Å². The first kappa shape index (κ1) is 23.8. The second-order valence-corrected chi connectivity index (χ2v) is 7.88. The van der Waals surface area contributed by atoms with Gasteiger partial charge >= 0.3 is 0 Å². The number of amides is 2. The van der Waals surface area contributed by atoms with E-state index >= 15 is 0 Å². The second kappa shape index (κ2) is 11.7. The molecule has 1 heterocycles. The predicted molar refractivity (Wildman–Crippen MR) is 111 cm³/mol. The smallest absolute Gasteiger partial charge is 0.248 e. The number of halogens is 2. The molecule has 2 aromatic rings.